The summed E-state index contributed by atoms with van der Waals surface area (Å²) in [6.07, 6.45) is 19.6. The third kappa shape index (κ3) is 3.26. The van der Waals surface area contributed by atoms with Gasteiger partial charge in [0.05, 0.1) is 6.10 Å². The molecule has 28 heavy (non-hydrogen) atoms. The van der Waals surface area contributed by atoms with Crippen molar-refractivity contribution in [2.45, 2.75) is 92.1 Å². The molecule has 0 amide bonds. The molecule has 0 aromatic heterocycles. The van der Waals surface area contributed by atoms with Gasteiger partial charge in [0.25, 0.3) is 0 Å². The fourth-order valence-corrected chi connectivity index (χ4v) is 7.59. The van der Waals surface area contributed by atoms with Crippen LogP contribution in [0.4, 0.5) is 0 Å². The van der Waals surface area contributed by atoms with E-state index in [1.807, 2.05) is 0 Å². The van der Waals surface area contributed by atoms with Crippen molar-refractivity contribution in [3.05, 3.63) is 35.5 Å². The maximum Gasteiger partial charge on any atom is 0.0578 e. The third-order valence-corrected chi connectivity index (χ3v) is 9.30. The van der Waals surface area contributed by atoms with Crippen LogP contribution in [0, 0.1) is 40.4 Å². The molecule has 0 unspecified atom stereocenters. The molecule has 4 aliphatic rings. The van der Waals surface area contributed by atoms with Crippen LogP contribution in [0.5, 0.6) is 0 Å². The van der Waals surface area contributed by atoms with E-state index in [0.29, 0.717) is 16.7 Å². The van der Waals surface area contributed by atoms with Crippen molar-refractivity contribution in [2.24, 2.45) is 40.4 Å². The summed E-state index contributed by atoms with van der Waals surface area (Å²) in [6, 6.07) is 0. The Labute approximate surface area is 173 Å². The van der Waals surface area contributed by atoms with Crippen LogP contribution >= 0.6 is 0 Å². The summed E-state index contributed by atoms with van der Waals surface area (Å²) in [6.45, 7) is 12.2. The van der Waals surface area contributed by atoms with Crippen molar-refractivity contribution in [1.82, 2.24) is 0 Å². The van der Waals surface area contributed by atoms with Gasteiger partial charge in [-0.15, -0.1) is 0 Å². The molecule has 0 radical (unpaired) electrons. The van der Waals surface area contributed by atoms with Gasteiger partial charge < -0.3 is 5.11 Å². The van der Waals surface area contributed by atoms with Crippen LogP contribution in [-0.4, -0.2) is 11.2 Å². The molecule has 0 saturated heterocycles. The number of rotatable bonds is 4. The Morgan fingerprint density at radius 3 is 2.57 bits per heavy atom. The van der Waals surface area contributed by atoms with Gasteiger partial charge in [0.15, 0.2) is 0 Å². The van der Waals surface area contributed by atoms with Gasteiger partial charge in [-0.2, -0.15) is 0 Å². The lowest BCUT2D eigenvalue weighted by atomic mass is 9.50. The molecule has 1 heteroatoms. The molecule has 0 aromatic rings. The molecule has 0 aromatic carbocycles. The molecular weight excluding hydrogens is 340 g/mol. The first-order valence-corrected chi connectivity index (χ1v) is 12.0. The van der Waals surface area contributed by atoms with E-state index in [1.165, 1.54) is 44.1 Å². The Balaban J connectivity index is 1.57. The summed E-state index contributed by atoms with van der Waals surface area (Å²) in [5.41, 5.74) is 4.09. The lowest BCUT2D eigenvalue weighted by molar-refractivity contribution is 0.0383. The summed E-state index contributed by atoms with van der Waals surface area (Å²) in [5, 5.41) is 10.2. The van der Waals surface area contributed by atoms with Gasteiger partial charge in [-0.3, -0.25) is 0 Å². The molecule has 0 spiro atoms. The van der Waals surface area contributed by atoms with E-state index in [1.54, 1.807) is 5.57 Å². The van der Waals surface area contributed by atoms with Crippen LogP contribution in [0.2, 0.25) is 0 Å². The number of aliphatic hydroxyl groups is 1. The molecule has 156 valence electrons. The minimum Gasteiger partial charge on any atom is -0.393 e. The summed E-state index contributed by atoms with van der Waals surface area (Å²) in [4.78, 5) is 0. The van der Waals surface area contributed by atoms with Crippen LogP contribution in [-0.2, 0) is 0 Å². The van der Waals surface area contributed by atoms with Gasteiger partial charge in [-0.25, -0.2) is 0 Å². The topological polar surface area (TPSA) is 20.2 Å². The fraction of sp³-hybridized carbons (Fsp3) is 0.778. The van der Waals surface area contributed by atoms with Crippen LogP contribution in [0.3, 0.4) is 0 Å². The number of hydrogen-bond acceptors (Lipinski definition) is 1. The first-order valence-electron chi connectivity index (χ1n) is 12.0. The van der Waals surface area contributed by atoms with Gasteiger partial charge >= 0.3 is 0 Å². The lowest BCUT2D eigenvalue weighted by Crippen LogP contribution is -2.46. The second kappa shape index (κ2) is 7.46. The van der Waals surface area contributed by atoms with Gasteiger partial charge in [0.1, 0.15) is 0 Å². The van der Waals surface area contributed by atoms with Crippen molar-refractivity contribution >= 4 is 0 Å². The monoisotopic (exact) mass is 382 g/mol. The van der Waals surface area contributed by atoms with E-state index < -0.39 is 0 Å². The molecule has 0 heterocycles. The zero-order chi connectivity index (χ0) is 20.1. The molecule has 4 aliphatic carbocycles. The third-order valence-electron chi connectivity index (χ3n) is 9.30. The Bertz CT molecular complexity index is 682. The summed E-state index contributed by atoms with van der Waals surface area (Å²) < 4.78 is 0. The molecule has 0 bridgehead atoms. The minimum atomic E-state index is -0.113. The van der Waals surface area contributed by atoms with Crippen molar-refractivity contribution in [3.63, 3.8) is 0 Å². The van der Waals surface area contributed by atoms with Gasteiger partial charge in [-0.1, -0.05) is 70.1 Å². The van der Waals surface area contributed by atoms with Crippen molar-refractivity contribution < 1.29 is 5.11 Å². The average Bonchev–Trinajstić information content (AvgIpc) is 2.99. The zero-order valence-corrected chi connectivity index (χ0v) is 18.9. The average molecular weight is 383 g/mol. The SMILES string of the molecule is CC(C)CC=C[C@@H](C)[C@H]1CC[C@H]2C3=CC=C4C[C@H](O)CC[C@]4(C)[C@H]3CC[C@]12C. The molecular formula is C27H42O. The summed E-state index contributed by atoms with van der Waals surface area (Å²) in [7, 11) is 0. The zero-order valence-electron chi connectivity index (χ0n) is 18.9. The molecule has 3 fully saturated rings. The summed E-state index contributed by atoms with van der Waals surface area (Å²) in [5.74, 6) is 3.78. The molecule has 4 rings (SSSR count). The van der Waals surface area contributed by atoms with E-state index in [4.69, 9.17) is 0 Å². The standard InChI is InChI=1S/C27H42O/c1-18(2)7-6-8-19(3)23-11-12-24-22-10-9-20-17-21(28)13-15-26(20,4)25(22)14-16-27(23,24)5/h6,8-10,18-19,21,23-25,28H,7,11-17H2,1-5H3/t19-,21-,23-,24+,25+,26+,27-/m1/s1. The number of allylic oxidation sites excluding steroid dienone is 5. The van der Waals surface area contributed by atoms with Crippen LogP contribution in [0.25, 0.3) is 0 Å². The highest BCUT2D eigenvalue weighted by Gasteiger charge is 2.56. The highest BCUT2D eigenvalue weighted by molar-refractivity contribution is 5.39. The second-order valence-corrected chi connectivity index (χ2v) is 11.4. The van der Waals surface area contributed by atoms with Crippen molar-refractivity contribution in [3.8, 4) is 0 Å². The van der Waals surface area contributed by atoms with Gasteiger partial charge in [0.2, 0.25) is 0 Å². The number of hydrogen-bond donors (Lipinski definition) is 1. The maximum atomic E-state index is 10.2. The molecule has 0 aliphatic heterocycles. The molecule has 3 saturated carbocycles. The van der Waals surface area contributed by atoms with Crippen LogP contribution in [0.1, 0.15) is 86.0 Å². The van der Waals surface area contributed by atoms with Crippen molar-refractivity contribution in [2.75, 3.05) is 0 Å². The Morgan fingerprint density at radius 1 is 1.04 bits per heavy atom. The second-order valence-electron chi connectivity index (χ2n) is 11.4. The van der Waals surface area contributed by atoms with Crippen molar-refractivity contribution in [1.29, 1.82) is 0 Å². The maximum absolute atomic E-state index is 10.2. The number of fused-ring (bicyclic) bond motifs is 5. The Morgan fingerprint density at radius 2 is 1.82 bits per heavy atom. The van der Waals surface area contributed by atoms with Gasteiger partial charge in [0, 0.05) is 0 Å². The highest BCUT2D eigenvalue weighted by Crippen LogP contribution is 2.65. The highest BCUT2D eigenvalue weighted by atomic mass is 16.3. The molecule has 7 atom stereocenters. The Kier molecular flexibility index (Phi) is 5.45. The number of aliphatic hydroxyl groups excluding tert-OH is 1. The van der Waals surface area contributed by atoms with E-state index >= 15 is 0 Å². The predicted octanol–water partition coefficient (Wildman–Crippen LogP) is 7.08. The van der Waals surface area contributed by atoms with E-state index in [2.05, 4.69) is 58.9 Å². The quantitative estimate of drug-likeness (QED) is 0.515. The molecule has 1 nitrogen and oxygen atoms in total. The van der Waals surface area contributed by atoms with E-state index in [9.17, 15) is 5.11 Å². The van der Waals surface area contributed by atoms with E-state index in [0.717, 1.165) is 36.5 Å². The largest absolute Gasteiger partial charge is 0.393 e. The van der Waals surface area contributed by atoms with E-state index in [-0.39, 0.29) is 6.10 Å². The van der Waals surface area contributed by atoms with Gasteiger partial charge in [-0.05, 0) is 91.8 Å². The fourth-order valence-electron chi connectivity index (χ4n) is 7.59. The first kappa shape index (κ1) is 20.5. The smallest absolute Gasteiger partial charge is 0.0578 e. The predicted molar refractivity (Wildman–Crippen MR) is 119 cm³/mol. The first-order chi connectivity index (χ1) is 13.3. The summed E-state index contributed by atoms with van der Waals surface area (Å²) >= 11 is 0. The lowest BCUT2D eigenvalue weighted by Gasteiger charge is -2.55. The normalized spacial score (nSPS) is 44.0. The minimum absolute atomic E-state index is 0.113. The Hall–Kier alpha value is -0.820. The van der Waals surface area contributed by atoms with Crippen LogP contribution < -0.4 is 0 Å². The molecule has 1 N–H and O–H groups in total. The van der Waals surface area contributed by atoms with Crippen LogP contribution in [0.15, 0.2) is 35.5 Å².